The summed E-state index contributed by atoms with van der Waals surface area (Å²) in [7, 11) is 3.00. The summed E-state index contributed by atoms with van der Waals surface area (Å²) in [4.78, 5) is 10.8. The number of carbonyl (C=O) groups is 1. The fourth-order valence-corrected chi connectivity index (χ4v) is 1.43. The zero-order chi connectivity index (χ0) is 12.1. The maximum Gasteiger partial charge on any atom is 0.335 e. The second-order valence-corrected chi connectivity index (χ2v) is 3.30. The van der Waals surface area contributed by atoms with Crippen molar-refractivity contribution in [1.29, 1.82) is 0 Å². The van der Waals surface area contributed by atoms with Gasteiger partial charge in [-0.3, -0.25) is 0 Å². The van der Waals surface area contributed by atoms with E-state index in [1.165, 1.54) is 26.4 Å². The first-order chi connectivity index (χ1) is 7.60. The van der Waals surface area contributed by atoms with E-state index in [4.69, 9.17) is 14.6 Å². The Morgan fingerprint density at radius 1 is 1.25 bits per heavy atom. The average Bonchev–Trinajstić information content (AvgIpc) is 2.23. The standard InChI is InChI=1S/C11H14O5/c1-15-5-8-3-7(11(13)14)4-10(12)9(8)6-16-2/h3-4,12H,5-6H2,1-2H3,(H,13,14). The summed E-state index contributed by atoms with van der Waals surface area (Å²) in [5, 5.41) is 18.5. The molecule has 16 heavy (non-hydrogen) atoms. The van der Waals surface area contributed by atoms with E-state index in [0.717, 1.165) is 0 Å². The Kier molecular flexibility index (Phi) is 4.28. The van der Waals surface area contributed by atoms with E-state index in [1.807, 2.05) is 0 Å². The van der Waals surface area contributed by atoms with Gasteiger partial charge >= 0.3 is 5.97 Å². The smallest absolute Gasteiger partial charge is 0.335 e. The lowest BCUT2D eigenvalue weighted by molar-refractivity contribution is 0.0695. The molecule has 88 valence electrons. The van der Waals surface area contributed by atoms with E-state index in [9.17, 15) is 9.90 Å². The highest BCUT2D eigenvalue weighted by molar-refractivity contribution is 5.88. The molecule has 2 N–H and O–H groups in total. The topological polar surface area (TPSA) is 76.0 Å². The Morgan fingerprint density at radius 2 is 1.88 bits per heavy atom. The van der Waals surface area contributed by atoms with Crippen molar-refractivity contribution in [3.05, 3.63) is 28.8 Å². The van der Waals surface area contributed by atoms with E-state index in [1.54, 1.807) is 0 Å². The summed E-state index contributed by atoms with van der Waals surface area (Å²) in [5.74, 6) is -1.18. The molecule has 1 aromatic rings. The van der Waals surface area contributed by atoms with Gasteiger partial charge in [0.1, 0.15) is 5.75 Å². The highest BCUT2D eigenvalue weighted by Crippen LogP contribution is 2.25. The number of aromatic carboxylic acids is 1. The molecule has 0 amide bonds. The Bertz CT molecular complexity index is 386. The highest BCUT2D eigenvalue weighted by atomic mass is 16.5. The summed E-state index contributed by atoms with van der Waals surface area (Å²) in [6.45, 7) is 0.442. The van der Waals surface area contributed by atoms with Crippen LogP contribution in [-0.2, 0) is 22.7 Å². The minimum Gasteiger partial charge on any atom is -0.508 e. The monoisotopic (exact) mass is 226 g/mol. The minimum absolute atomic E-state index is 0.0319. The quantitative estimate of drug-likeness (QED) is 0.793. The first-order valence-corrected chi connectivity index (χ1v) is 4.66. The Hall–Kier alpha value is -1.59. The van der Waals surface area contributed by atoms with Gasteiger partial charge in [-0.1, -0.05) is 0 Å². The number of carboxylic acids is 1. The molecule has 0 radical (unpaired) electrons. The third-order valence-electron chi connectivity index (χ3n) is 2.15. The van der Waals surface area contributed by atoms with Gasteiger partial charge in [0.05, 0.1) is 18.8 Å². The van der Waals surface area contributed by atoms with Crippen LogP contribution >= 0.6 is 0 Å². The average molecular weight is 226 g/mol. The molecule has 0 saturated heterocycles. The summed E-state index contributed by atoms with van der Waals surface area (Å²) in [6, 6.07) is 2.68. The molecule has 0 heterocycles. The molecule has 0 aromatic heterocycles. The fourth-order valence-electron chi connectivity index (χ4n) is 1.43. The normalized spacial score (nSPS) is 10.4. The maximum absolute atomic E-state index is 10.8. The Morgan fingerprint density at radius 3 is 2.38 bits per heavy atom. The van der Waals surface area contributed by atoms with Crippen LogP contribution in [0.3, 0.4) is 0 Å². The van der Waals surface area contributed by atoms with Crippen molar-refractivity contribution in [3.63, 3.8) is 0 Å². The summed E-state index contributed by atoms with van der Waals surface area (Å²) in [5.41, 5.74) is 1.19. The molecule has 5 nitrogen and oxygen atoms in total. The summed E-state index contributed by atoms with van der Waals surface area (Å²) in [6.07, 6.45) is 0. The van der Waals surface area contributed by atoms with Crippen LogP contribution in [0.1, 0.15) is 21.5 Å². The molecule has 0 aliphatic carbocycles. The van der Waals surface area contributed by atoms with Gasteiger partial charge in [0.25, 0.3) is 0 Å². The molecule has 0 fully saturated rings. The van der Waals surface area contributed by atoms with E-state index in [2.05, 4.69) is 0 Å². The summed E-state index contributed by atoms with van der Waals surface area (Å²) < 4.78 is 9.88. The number of rotatable bonds is 5. The number of phenolic OH excluding ortho intramolecular Hbond substituents is 1. The van der Waals surface area contributed by atoms with Crippen LogP contribution in [-0.4, -0.2) is 30.4 Å². The fraction of sp³-hybridized carbons (Fsp3) is 0.364. The molecule has 0 spiro atoms. The number of carboxylic acid groups (broad SMARTS) is 1. The van der Waals surface area contributed by atoms with Crippen LogP contribution in [0.15, 0.2) is 12.1 Å². The zero-order valence-electron chi connectivity index (χ0n) is 9.19. The molecule has 0 bridgehead atoms. The van der Waals surface area contributed by atoms with Crippen molar-refractivity contribution in [1.82, 2.24) is 0 Å². The van der Waals surface area contributed by atoms with Gasteiger partial charge in [-0.2, -0.15) is 0 Å². The SMILES string of the molecule is COCc1cc(C(=O)O)cc(O)c1COC. The van der Waals surface area contributed by atoms with Crippen molar-refractivity contribution < 1.29 is 24.5 Å². The molecule has 1 aromatic carbocycles. The lowest BCUT2D eigenvalue weighted by Crippen LogP contribution is -2.03. The van der Waals surface area contributed by atoms with Crippen LogP contribution in [0.25, 0.3) is 0 Å². The maximum atomic E-state index is 10.8. The van der Waals surface area contributed by atoms with E-state index >= 15 is 0 Å². The molecule has 5 heteroatoms. The molecular formula is C11H14O5. The Balaban J connectivity index is 3.21. The first-order valence-electron chi connectivity index (χ1n) is 4.66. The molecular weight excluding hydrogens is 212 g/mol. The van der Waals surface area contributed by atoms with Crippen molar-refractivity contribution in [2.24, 2.45) is 0 Å². The van der Waals surface area contributed by atoms with Crippen molar-refractivity contribution in [3.8, 4) is 5.75 Å². The van der Waals surface area contributed by atoms with Crippen molar-refractivity contribution in [2.45, 2.75) is 13.2 Å². The lowest BCUT2D eigenvalue weighted by Gasteiger charge is -2.11. The number of methoxy groups -OCH3 is 2. The van der Waals surface area contributed by atoms with E-state index in [-0.39, 0.29) is 24.5 Å². The minimum atomic E-state index is -1.09. The van der Waals surface area contributed by atoms with Crippen LogP contribution < -0.4 is 0 Å². The van der Waals surface area contributed by atoms with Gasteiger partial charge in [-0.15, -0.1) is 0 Å². The predicted octanol–water partition coefficient (Wildman–Crippen LogP) is 1.38. The molecule has 0 aliphatic heterocycles. The zero-order valence-corrected chi connectivity index (χ0v) is 9.19. The predicted molar refractivity (Wildman–Crippen MR) is 56.5 cm³/mol. The second-order valence-electron chi connectivity index (χ2n) is 3.30. The van der Waals surface area contributed by atoms with Crippen LogP contribution in [0.4, 0.5) is 0 Å². The largest absolute Gasteiger partial charge is 0.508 e. The number of aromatic hydroxyl groups is 1. The van der Waals surface area contributed by atoms with Gasteiger partial charge in [-0.25, -0.2) is 4.79 Å². The second kappa shape index (κ2) is 5.48. The number of benzene rings is 1. The lowest BCUT2D eigenvalue weighted by atomic mass is 10.0. The van der Waals surface area contributed by atoms with E-state index in [0.29, 0.717) is 11.1 Å². The van der Waals surface area contributed by atoms with Gasteiger partial charge in [-0.05, 0) is 17.7 Å². The number of hydrogen-bond donors (Lipinski definition) is 2. The number of phenols is 1. The molecule has 0 atom stereocenters. The molecule has 0 aliphatic rings. The van der Waals surface area contributed by atoms with Gasteiger partial charge in [0, 0.05) is 19.8 Å². The van der Waals surface area contributed by atoms with Gasteiger partial charge in [0.15, 0.2) is 0 Å². The molecule has 0 unspecified atom stereocenters. The first kappa shape index (κ1) is 12.5. The van der Waals surface area contributed by atoms with Gasteiger partial charge < -0.3 is 19.7 Å². The molecule has 1 rings (SSSR count). The van der Waals surface area contributed by atoms with Crippen LogP contribution in [0.5, 0.6) is 5.75 Å². The molecule has 0 saturated carbocycles. The van der Waals surface area contributed by atoms with Crippen molar-refractivity contribution in [2.75, 3.05) is 14.2 Å². The Labute approximate surface area is 93.2 Å². The third-order valence-corrected chi connectivity index (χ3v) is 2.15. The summed E-state index contributed by atoms with van der Waals surface area (Å²) >= 11 is 0. The van der Waals surface area contributed by atoms with Gasteiger partial charge in [0.2, 0.25) is 0 Å². The number of hydrogen-bond acceptors (Lipinski definition) is 4. The van der Waals surface area contributed by atoms with Crippen LogP contribution in [0, 0.1) is 0 Å². The van der Waals surface area contributed by atoms with E-state index < -0.39 is 5.97 Å². The number of ether oxygens (including phenoxy) is 2. The highest BCUT2D eigenvalue weighted by Gasteiger charge is 2.13. The van der Waals surface area contributed by atoms with Crippen molar-refractivity contribution >= 4 is 5.97 Å². The van der Waals surface area contributed by atoms with Crippen LogP contribution in [0.2, 0.25) is 0 Å². The third kappa shape index (κ3) is 2.71.